The number of aromatic nitrogens is 1. The largest absolute Gasteiger partial charge is 0.352 e. The van der Waals surface area contributed by atoms with Crippen molar-refractivity contribution in [2.75, 3.05) is 24.7 Å². The third-order valence-corrected chi connectivity index (χ3v) is 5.88. The molecule has 2 rings (SSSR count). The second-order valence-electron chi connectivity index (χ2n) is 6.79. The average Bonchev–Trinajstić information content (AvgIpc) is 3.19. The van der Waals surface area contributed by atoms with Crippen molar-refractivity contribution in [3.63, 3.8) is 0 Å². The Bertz CT molecular complexity index is 798. The van der Waals surface area contributed by atoms with Crippen LogP contribution in [0.3, 0.4) is 0 Å². The Morgan fingerprint density at radius 1 is 1.34 bits per heavy atom. The van der Waals surface area contributed by atoms with E-state index in [2.05, 4.69) is 15.3 Å². The highest BCUT2D eigenvalue weighted by Crippen LogP contribution is 2.20. The molecule has 1 aliphatic rings. The van der Waals surface area contributed by atoms with Crippen LogP contribution in [-0.4, -0.2) is 64.0 Å². The second kappa shape index (κ2) is 11.5. The fourth-order valence-corrected chi connectivity index (χ4v) is 4.08. The molecule has 1 atom stereocenters. The number of nitrogens with one attached hydrogen (secondary N) is 1. The number of hydrogen-bond donors (Lipinski definition) is 1. The molecule has 10 heteroatoms. The summed E-state index contributed by atoms with van der Waals surface area (Å²) < 4.78 is 0. The zero-order valence-electron chi connectivity index (χ0n) is 16.4. The van der Waals surface area contributed by atoms with Crippen LogP contribution in [0.4, 0.5) is 0 Å². The normalized spacial score (nSPS) is 15.3. The van der Waals surface area contributed by atoms with E-state index in [1.54, 1.807) is 23.6 Å². The fourth-order valence-electron chi connectivity index (χ4n) is 2.86. The number of pyridine rings is 1. The molecule has 1 N–H and O–H groups in total. The van der Waals surface area contributed by atoms with Crippen LogP contribution in [0.1, 0.15) is 43.5 Å². The van der Waals surface area contributed by atoms with Crippen molar-refractivity contribution in [3.8, 4) is 0 Å². The number of ketones is 1. The first kappa shape index (κ1) is 23.6. The van der Waals surface area contributed by atoms with Crippen LogP contribution in [-0.2, 0) is 9.59 Å². The maximum Gasteiger partial charge on any atom is 0.252 e. The molecule has 0 unspecified atom stereocenters. The maximum absolute atomic E-state index is 12.8. The third-order valence-electron chi connectivity index (χ3n) is 4.23. The lowest BCUT2D eigenvalue weighted by molar-refractivity contribution is -0.131. The minimum atomic E-state index is -0.545. The standard InChI is InChI=1S/C19H24Cl2N4O3S/c1-12(8-13(2)26)24-16(19(28)25-6-7-29-11-25)4-3-5-22-18(27)14-9-15(20)17(21)23-10-14/h9-10,16H,3-8,11H2,1-2H3,(H,22,27)/t16-/m0/s1. The van der Waals surface area contributed by atoms with E-state index in [0.717, 1.165) is 5.75 Å². The highest BCUT2D eigenvalue weighted by atomic mass is 35.5. The summed E-state index contributed by atoms with van der Waals surface area (Å²) in [5.41, 5.74) is 0.963. The molecule has 1 saturated heterocycles. The third kappa shape index (κ3) is 7.60. The van der Waals surface area contributed by atoms with Crippen molar-refractivity contribution in [3.05, 3.63) is 28.0 Å². The molecule has 0 spiro atoms. The molecule has 1 fully saturated rings. The van der Waals surface area contributed by atoms with Crippen molar-refractivity contribution < 1.29 is 14.4 Å². The predicted octanol–water partition coefficient (Wildman–Crippen LogP) is 3.24. The zero-order valence-corrected chi connectivity index (χ0v) is 18.7. The van der Waals surface area contributed by atoms with E-state index in [0.29, 0.717) is 43.1 Å². The Morgan fingerprint density at radius 3 is 2.72 bits per heavy atom. The Balaban J connectivity index is 1.92. The number of amides is 2. The number of carbonyl (C=O) groups excluding carboxylic acids is 3. The van der Waals surface area contributed by atoms with Gasteiger partial charge in [0.15, 0.2) is 0 Å². The van der Waals surface area contributed by atoms with Crippen molar-refractivity contribution in [2.24, 2.45) is 4.99 Å². The van der Waals surface area contributed by atoms with Crippen LogP contribution in [0.15, 0.2) is 17.3 Å². The van der Waals surface area contributed by atoms with Gasteiger partial charge in [0, 0.05) is 37.2 Å². The summed E-state index contributed by atoms with van der Waals surface area (Å²) in [5, 5.41) is 3.14. The molecule has 2 heterocycles. The van der Waals surface area contributed by atoms with E-state index in [4.69, 9.17) is 23.2 Å². The summed E-state index contributed by atoms with van der Waals surface area (Å²) in [7, 11) is 0. The van der Waals surface area contributed by atoms with Gasteiger partial charge in [0.25, 0.3) is 5.91 Å². The van der Waals surface area contributed by atoms with E-state index in [9.17, 15) is 14.4 Å². The summed E-state index contributed by atoms with van der Waals surface area (Å²) in [4.78, 5) is 46.5. The van der Waals surface area contributed by atoms with Gasteiger partial charge in [0.1, 0.15) is 17.0 Å². The summed E-state index contributed by atoms with van der Waals surface area (Å²) >= 11 is 13.4. The molecular formula is C19H24Cl2N4O3S. The van der Waals surface area contributed by atoms with Gasteiger partial charge in [0.05, 0.1) is 16.5 Å². The van der Waals surface area contributed by atoms with Crippen molar-refractivity contribution in [2.45, 2.75) is 39.2 Å². The Kier molecular flexibility index (Phi) is 9.39. The maximum atomic E-state index is 12.8. The first-order valence-electron chi connectivity index (χ1n) is 9.26. The fraction of sp³-hybridized carbons (Fsp3) is 0.526. The molecule has 0 aromatic carbocycles. The Morgan fingerprint density at radius 2 is 2.10 bits per heavy atom. The predicted molar refractivity (Wildman–Crippen MR) is 117 cm³/mol. The van der Waals surface area contributed by atoms with Crippen molar-refractivity contribution in [1.82, 2.24) is 15.2 Å². The summed E-state index contributed by atoms with van der Waals surface area (Å²) in [6.07, 6.45) is 2.64. The van der Waals surface area contributed by atoms with E-state index in [-0.39, 0.29) is 34.2 Å². The molecular weight excluding hydrogens is 435 g/mol. The molecule has 1 aromatic heterocycles. The lowest BCUT2D eigenvalue weighted by Gasteiger charge is -2.20. The number of thioether (sulfide) groups is 1. The van der Waals surface area contributed by atoms with Gasteiger partial charge in [-0.3, -0.25) is 19.4 Å². The molecule has 158 valence electrons. The molecule has 2 amide bonds. The molecule has 0 bridgehead atoms. The summed E-state index contributed by atoms with van der Waals surface area (Å²) in [6.45, 7) is 4.35. The minimum Gasteiger partial charge on any atom is -0.352 e. The van der Waals surface area contributed by atoms with Gasteiger partial charge < -0.3 is 10.2 Å². The molecule has 0 saturated carbocycles. The van der Waals surface area contributed by atoms with Crippen LogP contribution in [0, 0.1) is 0 Å². The van der Waals surface area contributed by atoms with Gasteiger partial charge in [-0.2, -0.15) is 0 Å². The quantitative estimate of drug-likeness (QED) is 0.348. The van der Waals surface area contributed by atoms with Crippen LogP contribution in [0.2, 0.25) is 10.2 Å². The number of hydrogen-bond acceptors (Lipinski definition) is 6. The van der Waals surface area contributed by atoms with Gasteiger partial charge in [0.2, 0.25) is 5.91 Å². The van der Waals surface area contributed by atoms with Crippen LogP contribution >= 0.6 is 35.0 Å². The number of Topliss-reactive ketones (excluding diaryl/α,β-unsaturated/α-hetero) is 1. The van der Waals surface area contributed by atoms with Crippen LogP contribution in [0.25, 0.3) is 0 Å². The second-order valence-corrected chi connectivity index (χ2v) is 8.63. The molecule has 0 radical (unpaired) electrons. The highest BCUT2D eigenvalue weighted by molar-refractivity contribution is 7.99. The topological polar surface area (TPSA) is 91.7 Å². The number of nitrogens with zero attached hydrogens (tertiary/aromatic N) is 3. The molecule has 7 nitrogen and oxygen atoms in total. The van der Waals surface area contributed by atoms with Gasteiger partial charge >= 0.3 is 0 Å². The first-order chi connectivity index (χ1) is 13.8. The van der Waals surface area contributed by atoms with E-state index >= 15 is 0 Å². The number of halogens is 2. The van der Waals surface area contributed by atoms with Gasteiger partial charge in [-0.05, 0) is 32.8 Å². The number of carbonyl (C=O) groups is 3. The summed E-state index contributed by atoms with van der Waals surface area (Å²) in [6, 6.07) is 0.913. The number of rotatable bonds is 9. The first-order valence-corrected chi connectivity index (χ1v) is 11.2. The van der Waals surface area contributed by atoms with E-state index in [1.807, 2.05) is 0 Å². The lowest BCUT2D eigenvalue weighted by Crippen LogP contribution is -2.37. The van der Waals surface area contributed by atoms with Crippen LogP contribution < -0.4 is 5.32 Å². The van der Waals surface area contributed by atoms with Crippen molar-refractivity contribution in [1.29, 1.82) is 0 Å². The van der Waals surface area contributed by atoms with E-state index in [1.165, 1.54) is 19.2 Å². The van der Waals surface area contributed by atoms with Gasteiger partial charge in [-0.1, -0.05) is 23.2 Å². The Hall–Kier alpha value is -1.64. The average molecular weight is 459 g/mol. The number of aliphatic imine (C=N–C) groups is 1. The minimum absolute atomic E-state index is 0.0108. The molecule has 0 aliphatic carbocycles. The smallest absolute Gasteiger partial charge is 0.252 e. The molecule has 1 aromatic rings. The van der Waals surface area contributed by atoms with E-state index < -0.39 is 6.04 Å². The lowest BCUT2D eigenvalue weighted by atomic mass is 10.1. The monoisotopic (exact) mass is 458 g/mol. The Labute approximate surface area is 184 Å². The SMILES string of the molecule is CC(=O)CC(C)=N[C@@H](CCCNC(=O)c1cnc(Cl)c(Cl)c1)C(=O)N1CCSC1. The van der Waals surface area contributed by atoms with Gasteiger partial charge in [-0.25, -0.2) is 4.98 Å². The zero-order chi connectivity index (χ0) is 21.4. The molecule has 29 heavy (non-hydrogen) atoms. The van der Waals surface area contributed by atoms with Gasteiger partial charge in [-0.15, -0.1) is 11.8 Å². The molecule has 1 aliphatic heterocycles. The highest BCUT2D eigenvalue weighted by Gasteiger charge is 2.26. The van der Waals surface area contributed by atoms with Crippen molar-refractivity contribution >= 4 is 58.3 Å². The summed E-state index contributed by atoms with van der Waals surface area (Å²) in [5.74, 6) is 1.25. The van der Waals surface area contributed by atoms with Crippen LogP contribution in [0.5, 0.6) is 0 Å².